The van der Waals surface area contributed by atoms with Crippen LogP contribution >= 0.6 is 0 Å². The van der Waals surface area contributed by atoms with Crippen molar-refractivity contribution in [2.24, 2.45) is 0 Å². The smallest absolute Gasteiger partial charge is 0.264 e. The molecule has 3 heteroatoms. The molecule has 2 nitrogen and oxygen atoms in total. The van der Waals surface area contributed by atoms with E-state index in [0.717, 1.165) is 12.4 Å². The van der Waals surface area contributed by atoms with Crippen LogP contribution in [0.1, 0.15) is 41.0 Å². The molecule has 0 aliphatic heterocycles. The van der Waals surface area contributed by atoms with Crippen LogP contribution in [-0.4, -0.2) is 13.9 Å². The first-order chi connectivity index (χ1) is 6.55. The fourth-order valence-corrected chi connectivity index (χ4v) is 1.67. The molecule has 0 aromatic heterocycles. The van der Waals surface area contributed by atoms with E-state index >= 15 is 0 Å². The zero-order valence-electron chi connectivity index (χ0n) is 11.5. The highest BCUT2D eigenvalue weighted by Crippen LogP contribution is 2.22. The molecule has 0 aromatic carbocycles. The van der Waals surface area contributed by atoms with Crippen molar-refractivity contribution in [2.75, 3.05) is 0 Å². The van der Waals surface area contributed by atoms with Gasteiger partial charge in [0.25, 0.3) is 5.95 Å². The second-order valence-electron chi connectivity index (χ2n) is 5.85. The van der Waals surface area contributed by atoms with Gasteiger partial charge < -0.3 is 9.16 Å². The Morgan fingerprint density at radius 2 is 1.60 bits per heavy atom. The van der Waals surface area contributed by atoms with Gasteiger partial charge in [-0.15, -0.1) is 0 Å². The van der Waals surface area contributed by atoms with Gasteiger partial charge in [-0.3, -0.25) is 0 Å². The van der Waals surface area contributed by atoms with E-state index in [0.29, 0.717) is 0 Å². The molecule has 15 heavy (non-hydrogen) atoms. The molecular formula is C12H26O2Si. The van der Waals surface area contributed by atoms with E-state index in [1.54, 1.807) is 0 Å². The maximum atomic E-state index is 5.96. The average molecular weight is 230 g/mol. The largest absolute Gasteiger partial charge is 0.520 e. The molecule has 0 aromatic rings. The van der Waals surface area contributed by atoms with Crippen molar-refractivity contribution in [3.8, 4) is 0 Å². The Bertz CT molecular complexity index is 213. The lowest BCUT2D eigenvalue weighted by molar-refractivity contribution is -0.0114. The van der Waals surface area contributed by atoms with Gasteiger partial charge >= 0.3 is 0 Å². The van der Waals surface area contributed by atoms with Crippen molar-refractivity contribution >= 4 is 8.32 Å². The molecule has 0 radical (unpaired) electrons. The van der Waals surface area contributed by atoms with Crippen LogP contribution in [0.5, 0.6) is 0 Å². The minimum atomic E-state index is -1.58. The second-order valence-corrected chi connectivity index (χ2v) is 10.3. The maximum absolute atomic E-state index is 5.96. The molecule has 0 saturated heterocycles. The summed E-state index contributed by atoms with van der Waals surface area (Å²) in [5.74, 6) is 0.740. The summed E-state index contributed by atoms with van der Waals surface area (Å²) in [6.07, 6.45) is 0.968. The second kappa shape index (κ2) is 5.06. The maximum Gasteiger partial charge on any atom is 0.264 e. The number of hydrogen-bond acceptors (Lipinski definition) is 2. The molecule has 0 spiro atoms. The minimum absolute atomic E-state index is 0.189. The number of allylic oxidation sites excluding steroid dienone is 1. The first kappa shape index (κ1) is 14.6. The topological polar surface area (TPSA) is 18.5 Å². The Balaban J connectivity index is 4.78. The highest BCUT2D eigenvalue weighted by molar-refractivity contribution is 6.70. The molecule has 0 fully saturated rings. The molecule has 0 N–H and O–H groups in total. The zero-order chi connectivity index (χ0) is 12.3. The van der Waals surface area contributed by atoms with Gasteiger partial charge in [0.05, 0.1) is 0 Å². The Labute approximate surface area is 95.8 Å². The summed E-state index contributed by atoms with van der Waals surface area (Å²) < 4.78 is 11.8. The average Bonchev–Trinajstić information content (AvgIpc) is 1.96. The summed E-state index contributed by atoms with van der Waals surface area (Å²) in [6, 6.07) is 0. The molecule has 0 unspecified atom stereocenters. The van der Waals surface area contributed by atoms with Gasteiger partial charge in [-0.1, -0.05) is 6.92 Å². The predicted octanol–water partition coefficient (Wildman–Crippen LogP) is 4.29. The van der Waals surface area contributed by atoms with E-state index in [1.165, 1.54) is 5.57 Å². The monoisotopic (exact) mass is 230 g/mol. The van der Waals surface area contributed by atoms with Crippen molar-refractivity contribution in [3.05, 3.63) is 11.5 Å². The molecule has 90 valence electrons. The normalized spacial score (nSPS) is 14.7. The summed E-state index contributed by atoms with van der Waals surface area (Å²) in [5, 5.41) is 0. The number of hydrogen-bond donors (Lipinski definition) is 0. The van der Waals surface area contributed by atoms with Crippen LogP contribution in [0.3, 0.4) is 0 Å². The Hall–Kier alpha value is -0.443. The molecular weight excluding hydrogens is 204 g/mol. The van der Waals surface area contributed by atoms with E-state index in [2.05, 4.69) is 33.5 Å². The SMILES string of the molecule is CC/C(C)=C(\OC(C)(C)C)O[Si](C)(C)C. The fourth-order valence-electron chi connectivity index (χ4n) is 0.896. The highest BCUT2D eigenvalue weighted by atomic mass is 28.4. The Morgan fingerprint density at radius 1 is 1.13 bits per heavy atom. The predicted molar refractivity (Wildman–Crippen MR) is 68.3 cm³/mol. The van der Waals surface area contributed by atoms with Crippen LogP contribution in [0.4, 0.5) is 0 Å². The summed E-state index contributed by atoms with van der Waals surface area (Å²) >= 11 is 0. The summed E-state index contributed by atoms with van der Waals surface area (Å²) in [5.41, 5.74) is 0.998. The van der Waals surface area contributed by atoms with Crippen molar-refractivity contribution in [2.45, 2.75) is 66.3 Å². The summed E-state index contributed by atoms with van der Waals surface area (Å²) in [6.45, 7) is 16.8. The van der Waals surface area contributed by atoms with Gasteiger partial charge in [-0.05, 0) is 53.8 Å². The lowest BCUT2D eigenvalue weighted by Crippen LogP contribution is -2.29. The molecule has 0 amide bonds. The van der Waals surface area contributed by atoms with E-state index in [-0.39, 0.29) is 5.60 Å². The van der Waals surface area contributed by atoms with Gasteiger partial charge in [-0.2, -0.15) is 0 Å². The van der Waals surface area contributed by atoms with Crippen molar-refractivity contribution in [3.63, 3.8) is 0 Å². The van der Waals surface area contributed by atoms with Gasteiger partial charge in [0.15, 0.2) is 0 Å². The lowest BCUT2D eigenvalue weighted by Gasteiger charge is -2.29. The summed E-state index contributed by atoms with van der Waals surface area (Å²) in [4.78, 5) is 0. The molecule has 0 atom stereocenters. The van der Waals surface area contributed by atoms with Gasteiger partial charge in [0, 0.05) is 5.57 Å². The van der Waals surface area contributed by atoms with Crippen LogP contribution in [0.2, 0.25) is 19.6 Å². The van der Waals surface area contributed by atoms with E-state index in [4.69, 9.17) is 9.16 Å². The van der Waals surface area contributed by atoms with Gasteiger partial charge in [0.1, 0.15) is 5.60 Å². The van der Waals surface area contributed by atoms with Crippen LogP contribution in [0.25, 0.3) is 0 Å². The molecule has 0 rings (SSSR count). The Kier molecular flexibility index (Phi) is 4.91. The highest BCUT2D eigenvalue weighted by Gasteiger charge is 2.23. The van der Waals surface area contributed by atoms with E-state index < -0.39 is 8.32 Å². The first-order valence-corrected chi connectivity index (χ1v) is 9.04. The first-order valence-electron chi connectivity index (χ1n) is 5.63. The number of rotatable bonds is 4. The van der Waals surface area contributed by atoms with Gasteiger partial charge in [-0.25, -0.2) is 0 Å². The molecule has 0 bridgehead atoms. The van der Waals surface area contributed by atoms with Crippen LogP contribution in [0, 0.1) is 0 Å². The van der Waals surface area contributed by atoms with Crippen LogP contribution in [-0.2, 0) is 9.16 Å². The molecule has 0 heterocycles. The lowest BCUT2D eigenvalue weighted by atomic mass is 10.2. The standard InChI is InChI=1S/C12H26O2Si/c1-9-10(2)11(13-12(3,4)5)14-15(6,7)8/h9H2,1-8H3/b11-10+. The third kappa shape index (κ3) is 7.48. The van der Waals surface area contributed by atoms with Crippen LogP contribution in [0.15, 0.2) is 11.5 Å². The zero-order valence-corrected chi connectivity index (χ0v) is 12.5. The molecule has 0 aliphatic carbocycles. The fraction of sp³-hybridized carbons (Fsp3) is 0.833. The van der Waals surface area contributed by atoms with Crippen LogP contribution < -0.4 is 0 Å². The minimum Gasteiger partial charge on any atom is -0.520 e. The molecule has 0 aliphatic rings. The third-order valence-corrected chi connectivity index (χ3v) is 2.47. The summed E-state index contributed by atoms with van der Waals surface area (Å²) in [7, 11) is -1.58. The van der Waals surface area contributed by atoms with E-state index in [9.17, 15) is 0 Å². The van der Waals surface area contributed by atoms with Crippen molar-refractivity contribution in [1.82, 2.24) is 0 Å². The quantitative estimate of drug-likeness (QED) is 0.530. The Morgan fingerprint density at radius 3 is 1.87 bits per heavy atom. The molecule has 0 saturated carbocycles. The van der Waals surface area contributed by atoms with E-state index in [1.807, 2.05) is 20.8 Å². The number of ether oxygens (including phenoxy) is 1. The van der Waals surface area contributed by atoms with Crippen molar-refractivity contribution < 1.29 is 9.16 Å². The third-order valence-electron chi connectivity index (χ3n) is 1.68. The van der Waals surface area contributed by atoms with Gasteiger partial charge in [0.2, 0.25) is 8.32 Å². The van der Waals surface area contributed by atoms with Crippen molar-refractivity contribution in [1.29, 1.82) is 0 Å².